The lowest BCUT2D eigenvalue weighted by Crippen LogP contribution is -2.51. The Morgan fingerprint density at radius 3 is 2.23 bits per heavy atom. The van der Waals surface area contributed by atoms with Crippen LogP contribution in [0.1, 0.15) is 68.7 Å². The molecule has 3 rings (SSSR count). The molecule has 194 valence electrons. The van der Waals surface area contributed by atoms with Crippen LogP contribution in [0.15, 0.2) is 12.4 Å². The van der Waals surface area contributed by atoms with Crippen LogP contribution in [0.4, 0.5) is 4.79 Å². The van der Waals surface area contributed by atoms with E-state index in [-0.39, 0.29) is 23.9 Å². The summed E-state index contributed by atoms with van der Waals surface area (Å²) in [4.78, 5) is 35.7. The van der Waals surface area contributed by atoms with Crippen LogP contribution < -0.4 is 15.5 Å². The zero-order valence-corrected chi connectivity index (χ0v) is 22.4. The second-order valence-corrected chi connectivity index (χ2v) is 11.6. The minimum absolute atomic E-state index is 0.0964. The van der Waals surface area contributed by atoms with Gasteiger partial charge in [0.2, 0.25) is 5.91 Å². The molecule has 0 unspecified atom stereocenters. The summed E-state index contributed by atoms with van der Waals surface area (Å²) in [7, 11) is -0.543. The Morgan fingerprint density at radius 2 is 1.71 bits per heavy atom. The topological polar surface area (TPSA) is 112 Å². The zero-order valence-electron chi connectivity index (χ0n) is 22.4. The summed E-state index contributed by atoms with van der Waals surface area (Å²) in [6.07, 6.45) is 3.08. The third-order valence-corrected chi connectivity index (χ3v) is 6.51. The Morgan fingerprint density at radius 1 is 1.14 bits per heavy atom. The second kappa shape index (κ2) is 9.93. The first kappa shape index (κ1) is 27.2. The van der Waals surface area contributed by atoms with Crippen LogP contribution in [0.3, 0.4) is 0 Å². The maximum atomic E-state index is 13.1. The average Bonchev–Trinajstić information content (AvgIpc) is 3.26. The fourth-order valence-electron chi connectivity index (χ4n) is 3.81. The molecule has 2 fully saturated rings. The van der Waals surface area contributed by atoms with E-state index in [4.69, 9.17) is 18.8 Å². The van der Waals surface area contributed by atoms with E-state index in [1.54, 1.807) is 38.1 Å². The van der Waals surface area contributed by atoms with Gasteiger partial charge in [-0.2, -0.15) is 0 Å². The highest BCUT2D eigenvalue weighted by Crippen LogP contribution is 2.36. The van der Waals surface area contributed by atoms with Crippen molar-refractivity contribution in [2.24, 2.45) is 5.92 Å². The van der Waals surface area contributed by atoms with Crippen LogP contribution in [0.25, 0.3) is 0 Å². The summed E-state index contributed by atoms with van der Waals surface area (Å²) in [6, 6.07) is -0.448. The predicted octanol–water partition coefficient (Wildman–Crippen LogP) is 2.30. The van der Waals surface area contributed by atoms with Crippen molar-refractivity contribution in [3.8, 4) is 6.01 Å². The molecule has 0 aromatic carbocycles. The number of amides is 2. The van der Waals surface area contributed by atoms with Crippen molar-refractivity contribution < 1.29 is 28.4 Å². The molecule has 1 aromatic heterocycles. The van der Waals surface area contributed by atoms with Gasteiger partial charge in [-0.15, -0.1) is 0 Å². The quantitative estimate of drug-likeness (QED) is 0.605. The number of hydrogen-bond acceptors (Lipinski definition) is 8. The maximum Gasteiger partial charge on any atom is 0.498 e. The molecule has 3 heterocycles. The van der Waals surface area contributed by atoms with Crippen molar-refractivity contribution in [3.63, 3.8) is 0 Å². The number of rotatable bonds is 6. The van der Waals surface area contributed by atoms with Gasteiger partial charge in [0.05, 0.1) is 17.7 Å². The summed E-state index contributed by atoms with van der Waals surface area (Å²) in [6.45, 7) is 18.0. The van der Waals surface area contributed by atoms with Gasteiger partial charge in [0.1, 0.15) is 17.7 Å². The molecule has 1 N–H and O–H groups in total. The molecule has 2 aliphatic rings. The predicted molar refractivity (Wildman–Crippen MR) is 131 cm³/mol. The van der Waals surface area contributed by atoms with Gasteiger partial charge in [-0.1, -0.05) is 13.8 Å². The number of aromatic nitrogens is 2. The van der Waals surface area contributed by atoms with E-state index in [0.717, 1.165) is 0 Å². The van der Waals surface area contributed by atoms with E-state index in [2.05, 4.69) is 15.3 Å². The van der Waals surface area contributed by atoms with Gasteiger partial charge in [-0.05, 0) is 54.4 Å². The normalized spacial score (nSPS) is 22.3. The molecule has 0 bridgehead atoms. The van der Waals surface area contributed by atoms with Crippen LogP contribution in [-0.2, 0) is 18.8 Å². The molecule has 2 saturated heterocycles. The lowest BCUT2D eigenvalue weighted by Gasteiger charge is -2.32. The standard InChI is InChI=1S/C24H39BN4O6/c1-15(2)18(28-21(31)33-22(3,4)5)19(30)29-11-10-17(14-29)32-20-26-12-16(13-27-20)25-34-23(6,7)24(8,9)35-25/h12-13,15,17-18H,10-11,14H2,1-9H3,(H,28,31)/t17-,18+/m0/s1. The fraction of sp³-hybridized carbons (Fsp3) is 0.750. The van der Waals surface area contributed by atoms with Crippen LogP contribution in [-0.4, -0.2) is 76.0 Å². The number of likely N-dealkylation sites (tertiary alicyclic amines) is 1. The minimum atomic E-state index is -0.681. The highest BCUT2D eigenvalue weighted by molar-refractivity contribution is 6.61. The van der Waals surface area contributed by atoms with Crippen LogP contribution in [0.2, 0.25) is 0 Å². The Labute approximate surface area is 208 Å². The van der Waals surface area contributed by atoms with Gasteiger partial charge in [0.15, 0.2) is 0 Å². The van der Waals surface area contributed by atoms with E-state index in [1.807, 2.05) is 41.5 Å². The molecule has 2 atom stereocenters. The first-order valence-corrected chi connectivity index (χ1v) is 12.2. The summed E-state index contributed by atoms with van der Waals surface area (Å²) >= 11 is 0. The van der Waals surface area contributed by atoms with Gasteiger partial charge in [-0.3, -0.25) is 4.79 Å². The third kappa shape index (κ3) is 6.64. The van der Waals surface area contributed by atoms with Gasteiger partial charge >= 0.3 is 19.2 Å². The molecule has 0 radical (unpaired) electrons. The van der Waals surface area contributed by atoms with E-state index in [9.17, 15) is 9.59 Å². The molecule has 0 saturated carbocycles. The Bertz CT molecular complexity index is 900. The van der Waals surface area contributed by atoms with Crippen molar-refractivity contribution in [2.45, 2.75) is 97.7 Å². The zero-order chi connectivity index (χ0) is 26.2. The lowest BCUT2D eigenvalue weighted by atomic mass is 9.81. The van der Waals surface area contributed by atoms with Crippen LogP contribution in [0, 0.1) is 5.92 Å². The van der Waals surface area contributed by atoms with Crippen molar-refractivity contribution in [1.82, 2.24) is 20.2 Å². The Hall–Kier alpha value is -2.40. The Kier molecular flexibility index (Phi) is 7.71. The molecule has 1 aromatic rings. The van der Waals surface area contributed by atoms with Crippen molar-refractivity contribution in [2.75, 3.05) is 13.1 Å². The van der Waals surface area contributed by atoms with Gasteiger partial charge in [0, 0.05) is 30.8 Å². The van der Waals surface area contributed by atoms with Crippen molar-refractivity contribution >= 4 is 24.6 Å². The van der Waals surface area contributed by atoms with E-state index in [0.29, 0.717) is 25.0 Å². The molecule has 2 aliphatic heterocycles. The first-order chi connectivity index (χ1) is 16.1. The fourth-order valence-corrected chi connectivity index (χ4v) is 3.81. The lowest BCUT2D eigenvalue weighted by molar-refractivity contribution is -0.133. The highest BCUT2D eigenvalue weighted by atomic mass is 16.7. The molecule has 2 amide bonds. The largest absolute Gasteiger partial charge is 0.498 e. The molecule has 0 spiro atoms. The molecule has 11 heteroatoms. The number of ether oxygens (including phenoxy) is 2. The number of alkyl carbamates (subject to hydrolysis) is 1. The van der Waals surface area contributed by atoms with E-state index in [1.165, 1.54) is 0 Å². The van der Waals surface area contributed by atoms with Gasteiger partial charge in [0.25, 0.3) is 0 Å². The number of carbonyl (C=O) groups is 2. The van der Waals surface area contributed by atoms with Gasteiger partial charge in [-0.25, -0.2) is 14.8 Å². The molecule has 0 aliphatic carbocycles. The third-order valence-electron chi connectivity index (χ3n) is 6.51. The smallest absolute Gasteiger partial charge is 0.458 e. The molecular formula is C24H39BN4O6. The van der Waals surface area contributed by atoms with E-state index < -0.39 is 36.1 Å². The van der Waals surface area contributed by atoms with Crippen molar-refractivity contribution in [3.05, 3.63) is 12.4 Å². The SMILES string of the molecule is CC(C)[C@@H](NC(=O)OC(C)(C)C)C(=O)N1CC[C@H](Oc2ncc(B3OC(C)(C)C(C)(C)O3)cn2)C1. The second-order valence-electron chi connectivity index (χ2n) is 11.6. The molecule has 10 nitrogen and oxygen atoms in total. The number of carbonyl (C=O) groups excluding carboxylic acids is 2. The number of nitrogens with one attached hydrogen (secondary N) is 1. The molecule has 35 heavy (non-hydrogen) atoms. The van der Waals surface area contributed by atoms with Crippen LogP contribution >= 0.6 is 0 Å². The summed E-state index contributed by atoms with van der Waals surface area (Å²) in [5.41, 5.74) is -0.816. The average molecular weight is 490 g/mol. The summed E-state index contributed by atoms with van der Waals surface area (Å²) in [5, 5.41) is 2.72. The van der Waals surface area contributed by atoms with Gasteiger partial charge < -0.3 is 29.0 Å². The van der Waals surface area contributed by atoms with E-state index >= 15 is 0 Å². The van der Waals surface area contributed by atoms with Crippen molar-refractivity contribution in [1.29, 1.82) is 0 Å². The summed E-state index contributed by atoms with van der Waals surface area (Å²) < 4.78 is 23.3. The number of hydrogen-bond donors (Lipinski definition) is 1. The van der Waals surface area contributed by atoms with Crippen LogP contribution in [0.5, 0.6) is 6.01 Å². The number of nitrogens with zero attached hydrogens (tertiary/aromatic N) is 3. The first-order valence-electron chi connectivity index (χ1n) is 12.2. The summed E-state index contributed by atoms with van der Waals surface area (Å²) in [5.74, 6) is -0.255. The maximum absolute atomic E-state index is 13.1. The minimum Gasteiger partial charge on any atom is -0.458 e. The Balaban J connectivity index is 1.55. The highest BCUT2D eigenvalue weighted by Gasteiger charge is 2.52. The monoisotopic (exact) mass is 490 g/mol. The molecular weight excluding hydrogens is 451 g/mol.